The molecule has 1 heterocycles. The van der Waals surface area contributed by atoms with Gasteiger partial charge in [0, 0.05) is 0 Å². The van der Waals surface area contributed by atoms with Crippen LogP contribution in [0.5, 0.6) is 0 Å². The van der Waals surface area contributed by atoms with E-state index in [0.717, 1.165) is 5.41 Å². The van der Waals surface area contributed by atoms with Crippen LogP contribution < -0.4 is 0 Å². The van der Waals surface area contributed by atoms with Crippen LogP contribution in [0.3, 0.4) is 0 Å². The van der Waals surface area contributed by atoms with Crippen LogP contribution in [0.2, 0.25) is 0 Å². The monoisotopic (exact) mass is 336 g/mol. The molecule has 0 amide bonds. The molecule has 3 radical (unpaired) electrons. The van der Waals surface area contributed by atoms with E-state index in [1.54, 1.807) is 0 Å². The van der Waals surface area contributed by atoms with Crippen molar-refractivity contribution in [1.82, 2.24) is 4.31 Å². The van der Waals surface area contributed by atoms with Crippen molar-refractivity contribution in [2.75, 3.05) is 13.1 Å². The van der Waals surface area contributed by atoms with Crippen LogP contribution in [-0.4, -0.2) is 41.7 Å². The minimum absolute atomic E-state index is 0.845. The third-order valence-electron chi connectivity index (χ3n) is 2.57. The SMILES string of the molecule is [Pb][S]N1CC2(CCC2)C1. The summed E-state index contributed by atoms with van der Waals surface area (Å²) >= 11 is 1.28. The van der Waals surface area contributed by atoms with E-state index in [1.165, 1.54) is 56.6 Å². The zero-order chi connectivity index (χ0) is 6.32. The summed E-state index contributed by atoms with van der Waals surface area (Å²) in [6.07, 6.45) is 4.54. The average molecular weight is 335 g/mol. The molecule has 0 aromatic heterocycles. The molecule has 2 aliphatic rings. The summed E-state index contributed by atoms with van der Waals surface area (Å²) in [4.78, 5) is 0. The van der Waals surface area contributed by atoms with Gasteiger partial charge in [0.05, 0.1) is 0 Å². The Morgan fingerprint density at radius 1 is 1.33 bits per heavy atom. The molecule has 1 nitrogen and oxygen atoms in total. The quantitative estimate of drug-likeness (QED) is 0.523. The standard InChI is InChI=1S/C6H10NS.Pb/c8-7-4-6(5-7)2-1-3-6;/h1-5H2;/q-1;+1. The van der Waals surface area contributed by atoms with Crippen LogP contribution in [0.4, 0.5) is 0 Å². The average Bonchev–Trinajstić information content (AvgIpc) is 1.59. The van der Waals surface area contributed by atoms with Gasteiger partial charge in [0.25, 0.3) is 0 Å². The normalized spacial score (nSPS) is 31.7. The molecule has 1 saturated carbocycles. The molecule has 0 unspecified atom stereocenters. The fourth-order valence-corrected chi connectivity index (χ4v) is 3.94. The fourth-order valence-electron chi connectivity index (χ4n) is 1.76. The number of hydrogen-bond donors (Lipinski definition) is 0. The molecule has 0 aromatic carbocycles. The summed E-state index contributed by atoms with van der Waals surface area (Å²) < 4.78 is 2.52. The van der Waals surface area contributed by atoms with Crippen molar-refractivity contribution in [2.45, 2.75) is 19.3 Å². The van der Waals surface area contributed by atoms with Crippen molar-refractivity contribution in [1.29, 1.82) is 0 Å². The summed E-state index contributed by atoms with van der Waals surface area (Å²) in [6, 6.07) is 0. The van der Waals surface area contributed by atoms with E-state index in [2.05, 4.69) is 4.31 Å². The van der Waals surface area contributed by atoms with Gasteiger partial charge in [0.1, 0.15) is 0 Å². The Bertz CT molecular complexity index is 116. The molecule has 1 spiro atoms. The molecule has 0 bridgehead atoms. The molecule has 0 N–H and O–H groups in total. The van der Waals surface area contributed by atoms with E-state index in [4.69, 9.17) is 0 Å². The van der Waals surface area contributed by atoms with Crippen molar-refractivity contribution in [3.8, 4) is 0 Å². The van der Waals surface area contributed by atoms with Crippen molar-refractivity contribution < 1.29 is 0 Å². The predicted molar refractivity (Wildman–Crippen MR) is 41.2 cm³/mol. The van der Waals surface area contributed by atoms with Gasteiger partial charge in [-0.05, 0) is 0 Å². The maximum atomic E-state index is 2.52. The summed E-state index contributed by atoms with van der Waals surface area (Å²) in [7, 11) is 2.04. The Labute approximate surface area is 74.5 Å². The van der Waals surface area contributed by atoms with Crippen LogP contribution in [-0.2, 0) is 0 Å². The van der Waals surface area contributed by atoms with E-state index in [1.807, 2.05) is 8.50 Å². The second-order valence-electron chi connectivity index (χ2n) is 3.24. The molecule has 3 heteroatoms. The first-order chi connectivity index (χ1) is 4.35. The molecule has 49 valence electrons. The molecule has 2 fully saturated rings. The van der Waals surface area contributed by atoms with Gasteiger partial charge in [-0.3, -0.25) is 0 Å². The zero-order valence-corrected chi connectivity index (χ0v) is 10.1. The molecule has 0 aromatic rings. The summed E-state index contributed by atoms with van der Waals surface area (Å²) in [5.74, 6) is 0. The van der Waals surface area contributed by atoms with Crippen LogP contribution in [0.15, 0.2) is 0 Å². The molecule has 9 heavy (non-hydrogen) atoms. The Hall–Kier alpha value is 1.23. The first kappa shape index (κ1) is 6.91. The predicted octanol–water partition coefficient (Wildman–Crippen LogP) is 1.20. The van der Waals surface area contributed by atoms with Gasteiger partial charge >= 0.3 is 74.8 Å². The zero-order valence-electron chi connectivity index (χ0n) is 5.39. The fraction of sp³-hybridized carbons (Fsp3) is 1.00. The van der Waals surface area contributed by atoms with Gasteiger partial charge in [-0.15, -0.1) is 0 Å². The van der Waals surface area contributed by atoms with Crippen LogP contribution in [0.25, 0.3) is 0 Å². The first-order valence-electron chi connectivity index (χ1n) is 3.43. The number of rotatable bonds is 1. The van der Waals surface area contributed by atoms with Crippen molar-refractivity contribution >= 4 is 32.8 Å². The van der Waals surface area contributed by atoms with Gasteiger partial charge in [0.15, 0.2) is 0 Å². The number of nitrogens with zero attached hydrogens (tertiary/aromatic N) is 1. The third-order valence-corrected chi connectivity index (χ3v) is 6.09. The summed E-state index contributed by atoms with van der Waals surface area (Å²) in [6.45, 7) is 2.81. The second-order valence-corrected chi connectivity index (χ2v) is 6.07. The van der Waals surface area contributed by atoms with Crippen molar-refractivity contribution in [3.63, 3.8) is 0 Å². The van der Waals surface area contributed by atoms with Gasteiger partial charge in [0.2, 0.25) is 0 Å². The molecule has 1 saturated heterocycles. The Balaban J connectivity index is 1.82. The van der Waals surface area contributed by atoms with Crippen molar-refractivity contribution in [3.05, 3.63) is 0 Å². The van der Waals surface area contributed by atoms with Crippen molar-refractivity contribution in [2.24, 2.45) is 5.41 Å². The van der Waals surface area contributed by atoms with Crippen LogP contribution >= 0.6 is 8.50 Å². The van der Waals surface area contributed by atoms with E-state index in [-0.39, 0.29) is 0 Å². The van der Waals surface area contributed by atoms with Gasteiger partial charge in [-0.1, -0.05) is 0 Å². The summed E-state index contributed by atoms with van der Waals surface area (Å²) in [5, 5.41) is 0. The Morgan fingerprint density at radius 3 is 2.33 bits per heavy atom. The summed E-state index contributed by atoms with van der Waals surface area (Å²) in [5.41, 5.74) is 0.845. The number of hydrogen-bond acceptors (Lipinski definition) is 2. The molecular formula is C6H10NPbS. The Morgan fingerprint density at radius 2 is 2.00 bits per heavy atom. The van der Waals surface area contributed by atoms with E-state index >= 15 is 0 Å². The molecular weight excluding hydrogens is 325 g/mol. The second kappa shape index (κ2) is 2.37. The van der Waals surface area contributed by atoms with Gasteiger partial charge < -0.3 is 0 Å². The van der Waals surface area contributed by atoms with E-state index in [0.29, 0.717) is 0 Å². The third kappa shape index (κ3) is 1.07. The molecule has 2 rings (SSSR count). The van der Waals surface area contributed by atoms with Gasteiger partial charge in [-0.25, -0.2) is 0 Å². The molecule has 1 aliphatic heterocycles. The maximum absolute atomic E-state index is 2.52. The van der Waals surface area contributed by atoms with Gasteiger partial charge in [-0.2, -0.15) is 0 Å². The van der Waals surface area contributed by atoms with Crippen LogP contribution in [0, 0.1) is 5.41 Å². The van der Waals surface area contributed by atoms with Crippen LogP contribution in [0.1, 0.15) is 19.3 Å². The van der Waals surface area contributed by atoms with E-state index < -0.39 is 0 Å². The topological polar surface area (TPSA) is 3.24 Å². The molecule has 0 atom stereocenters. The van der Waals surface area contributed by atoms with E-state index in [9.17, 15) is 0 Å². The molecule has 1 aliphatic carbocycles. The minimum atomic E-state index is 0.845. The first-order valence-corrected chi connectivity index (χ1v) is 8.97. The Kier molecular flexibility index (Phi) is 1.82.